The summed E-state index contributed by atoms with van der Waals surface area (Å²) in [5.41, 5.74) is 0. The Bertz CT molecular complexity index is 85.9. The number of aliphatic hydroxyl groups is 1. The number of hydrogen-bond donors (Lipinski definition) is 1. The van der Waals surface area contributed by atoms with Crippen molar-refractivity contribution in [2.24, 2.45) is 11.8 Å². The summed E-state index contributed by atoms with van der Waals surface area (Å²) in [5.74, 6) is 1.23. The lowest BCUT2D eigenvalue weighted by Gasteiger charge is -1.96. The highest BCUT2D eigenvalue weighted by atomic mass is 16.5. The SMILES string of the molecule is OCC1C2OCC[C@H]12. The lowest BCUT2D eigenvalue weighted by Crippen LogP contribution is -1.99. The first-order chi connectivity index (χ1) is 3.93. The summed E-state index contributed by atoms with van der Waals surface area (Å²) in [6, 6.07) is 0. The highest BCUT2D eigenvalue weighted by Gasteiger charge is 2.53. The third-order valence-corrected chi connectivity index (χ3v) is 2.23. The van der Waals surface area contributed by atoms with Crippen LogP contribution in [0.2, 0.25) is 0 Å². The number of rotatable bonds is 1. The van der Waals surface area contributed by atoms with Crippen LogP contribution in [0.3, 0.4) is 0 Å². The molecule has 2 rings (SSSR count). The Hall–Kier alpha value is -0.0800. The Morgan fingerprint density at radius 3 is 2.88 bits per heavy atom. The Labute approximate surface area is 48.5 Å². The van der Waals surface area contributed by atoms with Gasteiger partial charge in [-0.05, 0) is 12.3 Å². The van der Waals surface area contributed by atoms with E-state index in [2.05, 4.69) is 0 Å². The van der Waals surface area contributed by atoms with Gasteiger partial charge in [0.25, 0.3) is 0 Å². The van der Waals surface area contributed by atoms with Crippen LogP contribution in [-0.2, 0) is 4.74 Å². The molecule has 2 heteroatoms. The summed E-state index contributed by atoms with van der Waals surface area (Å²) >= 11 is 0. The Morgan fingerprint density at radius 2 is 2.50 bits per heavy atom. The first-order valence-corrected chi connectivity index (χ1v) is 3.16. The van der Waals surface area contributed by atoms with E-state index < -0.39 is 0 Å². The second-order valence-electron chi connectivity index (χ2n) is 2.63. The lowest BCUT2D eigenvalue weighted by molar-refractivity contribution is 0.119. The van der Waals surface area contributed by atoms with Crippen LogP contribution in [0, 0.1) is 11.8 Å². The van der Waals surface area contributed by atoms with Crippen molar-refractivity contribution in [3.8, 4) is 0 Å². The molecule has 0 spiro atoms. The number of aliphatic hydroxyl groups excluding tert-OH is 1. The van der Waals surface area contributed by atoms with Gasteiger partial charge in [0, 0.05) is 19.1 Å². The van der Waals surface area contributed by atoms with E-state index in [1.54, 1.807) is 0 Å². The molecule has 0 aromatic heterocycles. The molecule has 0 bridgehead atoms. The molecule has 0 aromatic rings. The van der Waals surface area contributed by atoms with Gasteiger partial charge in [-0.25, -0.2) is 0 Å². The zero-order valence-electron chi connectivity index (χ0n) is 4.71. The van der Waals surface area contributed by atoms with Crippen LogP contribution in [0.5, 0.6) is 0 Å². The molecule has 2 fully saturated rings. The molecule has 46 valence electrons. The van der Waals surface area contributed by atoms with Crippen LogP contribution >= 0.6 is 0 Å². The molecule has 1 aliphatic heterocycles. The van der Waals surface area contributed by atoms with Crippen LogP contribution in [0.15, 0.2) is 0 Å². The smallest absolute Gasteiger partial charge is 0.0662 e. The van der Waals surface area contributed by atoms with Crippen LogP contribution in [0.4, 0.5) is 0 Å². The minimum Gasteiger partial charge on any atom is -0.396 e. The average molecular weight is 114 g/mol. The third-order valence-electron chi connectivity index (χ3n) is 2.23. The monoisotopic (exact) mass is 114 g/mol. The minimum atomic E-state index is 0.329. The van der Waals surface area contributed by atoms with Crippen LogP contribution in [0.1, 0.15) is 6.42 Å². The molecule has 8 heavy (non-hydrogen) atoms. The van der Waals surface area contributed by atoms with E-state index >= 15 is 0 Å². The zero-order chi connectivity index (χ0) is 5.56. The zero-order valence-corrected chi connectivity index (χ0v) is 4.71. The van der Waals surface area contributed by atoms with Crippen LogP contribution < -0.4 is 0 Å². The summed E-state index contributed by atoms with van der Waals surface area (Å²) < 4.78 is 5.27. The second kappa shape index (κ2) is 1.45. The molecule has 1 N–H and O–H groups in total. The highest BCUT2D eigenvalue weighted by Crippen LogP contribution is 2.48. The first kappa shape index (κ1) is 4.77. The molecule has 1 saturated carbocycles. The van der Waals surface area contributed by atoms with Crippen molar-refractivity contribution in [2.75, 3.05) is 13.2 Å². The van der Waals surface area contributed by atoms with Crippen molar-refractivity contribution >= 4 is 0 Å². The number of fused-ring (bicyclic) bond motifs is 1. The highest BCUT2D eigenvalue weighted by molar-refractivity contribution is 5.01. The van der Waals surface area contributed by atoms with Crippen LogP contribution in [-0.4, -0.2) is 24.4 Å². The summed E-state index contributed by atoms with van der Waals surface area (Å²) in [6.07, 6.45) is 1.62. The fourth-order valence-electron chi connectivity index (χ4n) is 1.61. The van der Waals surface area contributed by atoms with E-state index in [-0.39, 0.29) is 0 Å². The normalized spacial score (nSPS) is 51.4. The minimum absolute atomic E-state index is 0.329. The van der Waals surface area contributed by atoms with E-state index in [1.165, 1.54) is 6.42 Å². The van der Waals surface area contributed by atoms with Crippen molar-refractivity contribution in [1.82, 2.24) is 0 Å². The van der Waals surface area contributed by atoms with Crippen molar-refractivity contribution in [3.63, 3.8) is 0 Å². The van der Waals surface area contributed by atoms with Gasteiger partial charge in [-0.15, -0.1) is 0 Å². The van der Waals surface area contributed by atoms with Gasteiger partial charge >= 0.3 is 0 Å². The molecule has 3 atom stereocenters. The molecule has 1 saturated heterocycles. The standard InChI is InChI=1S/C6H10O2/c7-3-5-4-1-2-8-6(4)5/h4-7H,1-3H2/t4-,5?,6?/m1/s1. The van der Waals surface area contributed by atoms with E-state index in [1.807, 2.05) is 0 Å². The van der Waals surface area contributed by atoms with Crippen molar-refractivity contribution in [3.05, 3.63) is 0 Å². The Morgan fingerprint density at radius 1 is 1.62 bits per heavy atom. The van der Waals surface area contributed by atoms with Gasteiger partial charge in [-0.1, -0.05) is 0 Å². The lowest BCUT2D eigenvalue weighted by atomic mass is 10.2. The van der Waals surface area contributed by atoms with E-state index in [0.29, 0.717) is 18.6 Å². The maximum atomic E-state index is 8.63. The van der Waals surface area contributed by atoms with E-state index in [0.717, 1.165) is 12.5 Å². The topological polar surface area (TPSA) is 29.5 Å². The van der Waals surface area contributed by atoms with Gasteiger partial charge in [0.1, 0.15) is 0 Å². The van der Waals surface area contributed by atoms with Gasteiger partial charge in [0.2, 0.25) is 0 Å². The van der Waals surface area contributed by atoms with E-state index in [4.69, 9.17) is 9.84 Å². The number of hydrogen-bond acceptors (Lipinski definition) is 2. The molecular weight excluding hydrogens is 104 g/mol. The predicted octanol–water partition coefficient (Wildman–Crippen LogP) is 0.0136. The average Bonchev–Trinajstić information content (AvgIpc) is 2.22. The molecule has 0 aromatic carbocycles. The Kier molecular flexibility index (Phi) is 0.866. The molecule has 0 radical (unpaired) electrons. The van der Waals surface area contributed by atoms with Crippen LogP contribution in [0.25, 0.3) is 0 Å². The molecule has 2 aliphatic rings. The molecule has 2 unspecified atom stereocenters. The Balaban J connectivity index is 1.94. The van der Waals surface area contributed by atoms with Crippen molar-refractivity contribution in [1.29, 1.82) is 0 Å². The maximum Gasteiger partial charge on any atom is 0.0662 e. The largest absolute Gasteiger partial charge is 0.396 e. The first-order valence-electron chi connectivity index (χ1n) is 3.16. The molecule has 1 aliphatic carbocycles. The summed E-state index contributed by atoms with van der Waals surface area (Å²) in [6.45, 7) is 1.25. The molecule has 0 amide bonds. The van der Waals surface area contributed by atoms with Crippen molar-refractivity contribution in [2.45, 2.75) is 12.5 Å². The second-order valence-corrected chi connectivity index (χ2v) is 2.63. The van der Waals surface area contributed by atoms with Crippen molar-refractivity contribution < 1.29 is 9.84 Å². The van der Waals surface area contributed by atoms with Gasteiger partial charge in [-0.2, -0.15) is 0 Å². The summed E-state index contributed by atoms with van der Waals surface area (Å²) in [7, 11) is 0. The maximum absolute atomic E-state index is 8.63. The van der Waals surface area contributed by atoms with Gasteiger partial charge in [0.15, 0.2) is 0 Å². The van der Waals surface area contributed by atoms with Gasteiger partial charge in [-0.3, -0.25) is 0 Å². The third kappa shape index (κ3) is 0.446. The quantitative estimate of drug-likeness (QED) is 0.520. The summed E-state index contributed by atoms with van der Waals surface area (Å²) in [4.78, 5) is 0. The van der Waals surface area contributed by atoms with Gasteiger partial charge in [0.05, 0.1) is 6.10 Å². The molecule has 2 nitrogen and oxygen atoms in total. The molecular formula is C6H10O2. The van der Waals surface area contributed by atoms with E-state index in [9.17, 15) is 0 Å². The fourth-order valence-corrected chi connectivity index (χ4v) is 1.61. The molecule has 1 heterocycles. The summed E-state index contributed by atoms with van der Waals surface area (Å²) in [5, 5.41) is 8.63. The number of ether oxygens (including phenoxy) is 1. The fraction of sp³-hybridized carbons (Fsp3) is 1.00. The van der Waals surface area contributed by atoms with Gasteiger partial charge < -0.3 is 9.84 Å². The predicted molar refractivity (Wildman–Crippen MR) is 28.4 cm³/mol.